The van der Waals surface area contributed by atoms with E-state index in [2.05, 4.69) is 5.32 Å². The molecule has 0 aliphatic rings. The molecule has 0 heterocycles. The summed E-state index contributed by atoms with van der Waals surface area (Å²) in [5.41, 5.74) is 0. The van der Waals surface area contributed by atoms with Gasteiger partial charge in [0.1, 0.15) is 0 Å². The molecule has 76 valence electrons. The van der Waals surface area contributed by atoms with Gasteiger partial charge >= 0.3 is 0 Å². The number of ketones is 1. The molecule has 3 nitrogen and oxygen atoms in total. The van der Waals surface area contributed by atoms with E-state index in [4.69, 9.17) is 0 Å². The number of nitrogens with one attached hydrogen (secondary N) is 1. The Hall–Kier alpha value is -0.860. The van der Waals surface area contributed by atoms with Gasteiger partial charge in [-0.3, -0.25) is 9.59 Å². The van der Waals surface area contributed by atoms with Gasteiger partial charge in [0, 0.05) is 6.42 Å². The van der Waals surface area contributed by atoms with Crippen LogP contribution in [0.2, 0.25) is 0 Å². The average Bonchev–Trinajstić information content (AvgIpc) is 2.11. The molecular weight excluding hydrogens is 166 g/mol. The Bertz CT molecular complexity index is 189. The zero-order valence-corrected chi connectivity index (χ0v) is 8.89. The van der Waals surface area contributed by atoms with Gasteiger partial charge in [0.15, 0.2) is 5.78 Å². The Morgan fingerprint density at radius 1 is 1.31 bits per heavy atom. The number of hydrogen-bond donors (Lipinski definition) is 1. The summed E-state index contributed by atoms with van der Waals surface area (Å²) in [6.07, 6.45) is 1.33. The second-order valence-electron chi connectivity index (χ2n) is 3.39. The molecule has 2 atom stereocenters. The fourth-order valence-electron chi connectivity index (χ4n) is 1.16. The van der Waals surface area contributed by atoms with Crippen molar-refractivity contribution in [1.82, 2.24) is 5.32 Å². The molecule has 1 amide bonds. The Labute approximate surface area is 79.9 Å². The molecule has 0 aromatic heterocycles. The largest absolute Gasteiger partial charge is 0.346 e. The monoisotopic (exact) mass is 185 g/mol. The molecule has 0 saturated carbocycles. The van der Waals surface area contributed by atoms with E-state index in [0.717, 1.165) is 6.42 Å². The third-order valence-electron chi connectivity index (χ3n) is 2.29. The third-order valence-corrected chi connectivity index (χ3v) is 2.29. The van der Waals surface area contributed by atoms with E-state index >= 15 is 0 Å². The van der Waals surface area contributed by atoms with Crippen molar-refractivity contribution in [1.29, 1.82) is 0 Å². The molecule has 0 saturated heterocycles. The Morgan fingerprint density at radius 2 is 1.85 bits per heavy atom. The number of carbonyl (C=O) groups is 2. The predicted octanol–water partition coefficient (Wildman–Crippen LogP) is 1.52. The van der Waals surface area contributed by atoms with Crippen molar-refractivity contribution in [2.45, 2.75) is 46.6 Å². The Morgan fingerprint density at radius 3 is 2.15 bits per heavy atom. The number of rotatable bonds is 5. The van der Waals surface area contributed by atoms with Gasteiger partial charge in [-0.05, 0) is 12.8 Å². The van der Waals surface area contributed by atoms with Gasteiger partial charge in [0.25, 0.3) is 0 Å². The van der Waals surface area contributed by atoms with Crippen molar-refractivity contribution in [2.24, 2.45) is 5.92 Å². The van der Waals surface area contributed by atoms with Gasteiger partial charge in [-0.1, -0.05) is 27.2 Å². The van der Waals surface area contributed by atoms with Crippen LogP contribution in [-0.2, 0) is 9.59 Å². The van der Waals surface area contributed by atoms with Crippen LogP contribution in [-0.4, -0.2) is 17.7 Å². The van der Waals surface area contributed by atoms with Crippen molar-refractivity contribution >= 4 is 11.7 Å². The maximum absolute atomic E-state index is 11.2. The van der Waals surface area contributed by atoms with Crippen molar-refractivity contribution in [3.05, 3.63) is 0 Å². The highest BCUT2D eigenvalue weighted by Crippen LogP contribution is 2.08. The van der Waals surface area contributed by atoms with Gasteiger partial charge in [-0.2, -0.15) is 0 Å². The SMILES string of the molecule is CCC(=O)N[C@H](C(C)=O)[C@@H](C)CC. The molecule has 1 N–H and O–H groups in total. The first-order valence-electron chi connectivity index (χ1n) is 4.82. The van der Waals surface area contributed by atoms with Gasteiger partial charge in [-0.25, -0.2) is 0 Å². The highest BCUT2D eigenvalue weighted by Gasteiger charge is 2.21. The molecular formula is C10H19NO2. The van der Waals surface area contributed by atoms with Gasteiger partial charge < -0.3 is 5.32 Å². The van der Waals surface area contributed by atoms with Crippen LogP contribution in [0.4, 0.5) is 0 Å². The Kier molecular flexibility index (Phi) is 5.35. The van der Waals surface area contributed by atoms with E-state index in [9.17, 15) is 9.59 Å². The Balaban J connectivity index is 4.26. The van der Waals surface area contributed by atoms with Crippen molar-refractivity contribution < 1.29 is 9.59 Å². The smallest absolute Gasteiger partial charge is 0.220 e. The number of hydrogen-bond acceptors (Lipinski definition) is 2. The van der Waals surface area contributed by atoms with Crippen LogP contribution in [0.25, 0.3) is 0 Å². The molecule has 0 fully saturated rings. The van der Waals surface area contributed by atoms with Crippen LogP contribution in [0.1, 0.15) is 40.5 Å². The first-order valence-corrected chi connectivity index (χ1v) is 4.82. The van der Waals surface area contributed by atoms with Gasteiger partial charge in [0.05, 0.1) is 6.04 Å². The van der Waals surface area contributed by atoms with E-state index in [1.54, 1.807) is 6.92 Å². The summed E-state index contributed by atoms with van der Waals surface area (Å²) in [7, 11) is 0. The maximum atomic E-state index is 11.2. The first kappa shape index (κ1) is 12.1. The summed E-state index contributed by atoms with van der Waals surface area (Å²) < 4.78 is 0. The maximum Gasteiger partial charge on any atom is 0.220 e. The summed E-state index contributed by atoms with van der Waals surface area (Å²) in [6, 6.07) is -0.308. The number of Topliss-reactive ketones (excluding diaryl/α,β-unsaturated/α-hetero) is 1. The fourth-order valence-corrected chi connectivity index (χ4v) is 1.16. The summed E-state index contributed by atoms with van der Waals surface area (Å²) in [5.74, 6) is 0.199. The van der Waals surface area contributed by atoms with Crippen molar-refractivity contribution in [3.63, 3.8) is 0 Å². The lowest BCUT2D eigenvalue weighted by molar-refractivity contribution is -0.127. The lowest BCUT2D eigenvalue weighted by Crippen LogP contribution is -2.43. The number of carbonyl (C=O) groups excluding carboxylic acids is 2. The summed E-state index contributed by atoms with van der Waals surface area (Å²) in [5, 5.41) is 2.73. The molecule has 0 aliphatic carbocycles. The second-order valence-corrected chi connectivity index (χ2v) is 3.39. The van der Waals surface area contributed by atoms with E-state index in [0.29, 0.717) is 6.42 Å². The first-order chi connectivity index (χ1) is 6.02. The molecule has 0 radical (unpaired) electrons. The molecule has 0 rings (SSSR count). The quantitative estimate of drug-likeness (QED) is 0.705. The summed E-state index contributed by atoms with van der Waals surface area (Å²) >= 11 is 0. The van der Waals surface area contributed by atoms with Crippen LogP contribution < -0.4 is 5.32 Å². The minimum Gasteiger partial charge on any atom is -0.346 e. The third kappa shape index (κ3) is 4.06. The van der Waals surface area contributed by atoms with E-state index in [1.807, 2.05) is 13.8 Å². The molecule has 0 aromatic carbocycles. The molecule has 0 spiro atoms. The fraction of sp³-hybridized carbons (Fsp3) is 0.800. The van der Waals surface area contributed by atoms with Crippen LogP contribution in [0.5, 0.6) is 0 Å². The lowest BCUT2D eigenvalue weighted by Gasteiger charge is -2.21. The zero-order valence-electron chi connectivity index (χ0n) is 8.89. The molecule has 0 unspecified atom stereocenters. The minimum absolute atomic E-state index is 0.0381. The molecule has 0 aromatic rings. The number of amides is 1. The van der Waals surface area contributed by atoms with Crippen molar-refractivity contribution in [2.75, 3.05) is 0 Å². The van der Waals surface area contributed by atoms with Crippen LogP contribution in [0.15, 0.2) is 0 Å². The second kappa shape index (κ2) is 5.73. The topological polar surface area (TPSA) is 46.2 Å². The summed E-state index contributed by atoms with van der Waals surface area (Å²) in [4.78, 5) is 22.3. The average molecular weight is 185 g/mol. The van der Waals surface area contributed by atoms with Crippen molar-refractivity contribution in [3.8, 4) is 0 Å². The van der Waals surface area contributed by atoms with Gasteiger partial charge in [0.2, 0.25) is 5.91 Å². The normalized spacial score (nSPS) is 14.8. The van der Waals surface area contributed by atoms with E-state index in [-0.39, 0.29) is 23.7 Å². The lowest BCUT2D eigenvalue weighted by atomic mass is 9.96. The minimum atomic E-state index is -0.308. The zero-order chi connectivity index (χ0) is 10.4. The van der Waals surface area contributed by atoms with E-state index in [1.165, 1.54) is 6.92 Å². The predicted molar refractivity (Wildman–Crippen MR) is 52.4 cm³/mol. The highest BCUT2D eigenvalue weighted by molar-refractivity contribution is 5.87. The standard InChI is InChI=1S/C10H19NO2/c1-5-7(3)10(8(4)12)11-9(13)6-2/h7,10H,5-6H2,1-4H3,(H,11,13)/t7-,10-/m0/s1. The molecule has 13 heavy (non-hydrogen) atoms. The van der Waals surface area contributed by atoms with Crippen LogP contribution in [0, 0.1) is 5.92 Å². The molecule has 0 aliphatic heterocycles. The highest BCUT2D eigenvalue weighted by atomic mass is 16.2. The van der Waals surface area contributed by atoms with E-state index < -0.39 is 0 Å². The molecule has 3 heteroatoms. The van der Waals surface area contributed by atoms with Crippen LogP contribution in [0.3, 0.4) is 0 Å². The van der Waals surface area contributed by atoms with Crippen LogP contribution >= 0.6 is 0 Å². The summed E-state index contributed by atoms with van der Waals surface area (Å²) in [6.45, 7) is 7.29. The molecule has 0 bridgehead atoms. The van der Waals surface area contributed by atoms with Gasteiger partial charge in [-0.15, -0.1) is 0 Å².